The maximum atomic E-state index is 14.3. The average molecular weight is 402 g/mol. The van der Waals surface area contributed by atoms with E-state index in [2.05, 4.69) is 49.6 Å². The molecule has 1 atom stereocenters. The number of halogens is 2. The van der Waals surface area contributed by atoms with Crippen molar-refractivity contribution in [3.8, 4) is 0 Å². The summed E-state index contributed by atoms with van der Waals surface area (Å²) in [6.07, 6.45) is 0. The molecule has 1 aliphatic heterocycles. The van der Waals surface area contributed by atoms with Crippen molar-refractivity contribution in [1.29, 1.82) is 0 Å². The van der Waals surface area contributed by atoms with Crippen LogP contribution in [0.4, 0.5) is 4.39 Å². The van der Waals surface area contributed by atoms with E-state index in [9.17, 15) is 4.39 Å². The second-order valence-electron chi connectivity index (χ2n) is 4.91. The Morgan fingerprint density at radius 2 is 2.05 bits per heavy atom. The molecule has 0 radical (unpaired) electrons. The second kappa shape index (κ2) is 6.51. The molecule has 0 saturated carbocycles. The molecule has 2 heterocycles. The first-order valence-electron chi connectivity index (χ1n) is 6.67. The molecule has 1 N–H and O–H groups in total. The molecule has 0 spiro atoms. The summed E-state index contributed by atoms with van der Waals surface area (Å²) < 4.78 is 15.4. The number of hydrogen-bond donors (Lipinski definition) is 1. The summed E-state index contributed by atoms with van der Waals surface area (Å²) >= 11 is 3.92. The molecule has 2 nitrogen and oxygen atoms in total. The van der Waals surface area contributed by atoms with E-state index in [-0.39, 0.29) is 11.9 Å². The minimum absolute atomic E-state index is 0.0260. The third-order valence-corrected chi connectivity index (χ3v) is 5.00. The van der Waals surface area contributed by atoms with Crippen LogP contribution in [0.25, 0.3) is 0 Å². The number of piperazine rings is 1. The molecule has 1 aromatic carbocycles. The molecular weight excluding hydrogens is 386 g/mol. The minimum atomic E-state index is -0.111. The topological polar surface area (TPSA) is 15.3 Å². The third-order valence-electron chi connectivity index (χ3n) is 3.63. The Balaban J connectivity index is 2.02. The standard InChI is InChI=1S/C15H16FIN2S/c16-14-2-1-12(17)9-13(14)15(11-3-8-20-10-11)19-6-4-18-5-7-19/h1-3,8-10,15,18H,4-7H2/t15-/m1/s1. The van der Waals surface area contributed by atoms with Crippen molar-refractivity contribution in [1.82, 2.24) is 10.2 Å². The van der Waals surface area contributed by atoms with Gasteiger partial charge in [0.2, 0.25) is 0 Å². The lowest BCUT2D eigenvalue weighted by Crippen LogP contribution is -2.45. The molecule has 1 saturated heterocycles. The molecule has 5 heteroatoms. The van der Waals surface area contributed by atoms with Gasteiger partial charge in [-0.25, -0.2) is 4.39 Å². The fourth-order valence-electron chi connectivity index (χ4n) is 2.68. The molecule has 106 valence electrons. The van der Waals surface area contributed by atoms with Crippen molar-refractivity contribution in [2.75, 3.05) is 26.2 Å². The molecule has 3 rings (SSSR count). The maximum Gasteiger partial charge on any atom is 0.128 e. The smallest absolute Gasteiger partial charge is 0.128 e. The van der Waals surface area contributed by atoms with E-state index in [0.717, 1.165) is 35.3 Å². The summed E-state index contributed by atoms with van der Waals surface area (Å²) in [6, 6.07) is 7.51. The monoisotopic (exact) mass is 402 g/mol. The zero-order chi connectivity index (χ0) is 13.9. The van der Waals surface area contributed by atoms with E-state index in [4.69, 9.17) is 0 Å². The fourth-order valence-corrected chi connectivity index (χ4v) is 3.88. The molecule has 0 unspecified atom stereocenters. The molecule has 0 amide bonds. The van der Waals surface area contributed by atoms with Crippen LogP contribution in [0, 0.1) is 9.39 Å². The van der Waals surface area contributed by atoms with Gasteiger partial charge in [-0.05, 0) is 63.2 Å². The van der Waals surface area contributed by atoms with Crippen LogP contribution in [0.2, 0.25) is 0 Å². The van der Waals surface area contributed by atoms with Crippen molar-refractivity contribution in [2.24, 2.45) is 0 Å². The molecule has 2 aromatic rings. The highest BCUT2D eigenvalue weighted by Crippen LogP contribution is 2.32. The molecule has 20 heavy (non-hydrogen) atoms. The minimum Gasteiger partial charge on any atom is -0.314 e. The summed E-state index contributed by atoms with van der Waals surface area (Å²) in [5, 5.41) is 7.55. The van der Waals surface area contributed by atoms with Gasteiger partial charge in [0.1, 0.15) is 5.82 Å². The highest BCUT2D eigenvalue weighted by molar-refractivity contribution is 14.1. The Morgan fingerprint density at radius 3 is 2.75 bits per heavy atom. The SMILES string of the molecule is Fc1ccc(I)cc1[C@@H](c1ccsc1)N1CCNCC1. The van der Waals surface area contributed by atoms with E-state index in [1.54, 1.807) is 17.4 Å². The molecular formula is C15H16FIN2S. The quantitative estimate of drug-likeness (QED) is 0.791. The van der Waals surface area contributed by atoms with Gasteiger partial charge in [0, 0.05) is 35.3 Å². The third kappa shape index (κ3) is 3.05. The zero-order valence-corrected chi connectivity index (χ0v) is 14.0. The van der Waals surface area contributed by atoms with Gasteiger partial charge in [-0.3, -0.25) is 4.90 Å². The molecule has 1 aromatic heterocycles. The van der Waals surface area contributed by atoms with Gasteiger partial charge in [0.05, 0.1) is 6.04 Å². The maximum absolute atomic E-state index is 14.3. The Hall–Kier alpha value is -0.500. The van der Waals surface area contributed by atoms with Crippen LogP contribution in [-0.2, 0) is 0 Å². The van der Waals surface area contributed by atoms with Crippen molar-refractivity contribution in [2.45, 2.75) is 6.04 Å². The van der Waals surface area contributed by atoms with Crippen molar-refractivity contribution < 1.29 is 4.39 Å². The van der Waals surface area contributed by atoms with Gasteiger partial charge < -0.3 is 5.32 Å². The van der Waals surface area contributed by atoms with Crippen LogP contribution in [0.5, 0.6) is 0 Å². The van der Waals surface area contributed by atoms with Gasteiger partial charge in [0.15, 0.2) is 0 Å². The predicted molar refractivity (Wildman–Crippen MR) is 89.7 cm³/mol. The molecule has 1 aliphatic rings. The van der Waals surface area contributed by atoms with Crippen molar-refractivity contribution >= 4 is 33.9 Å². The summed E-state index contributed by atoms with van der Waals surface area (Å²) in [6.45, 7) is 3.83. The Bertz CT molecular complexity index is 567. The van der Waals surface area contributed by atoms with Crippen molar-refractivity contribution in [3.63, 3.8) is 0 Å². The van der Waals surface area contributed by atoms with Gasteiger partial charge in [-0.15, -0.1) is 0 Å². The molecule has 1 fully saturated rings. The van der Waals surface area contributed by atoms with Gasteiger partial charge in [-0.2, -0.15) is 11.3 Å². The Kier molecular flexibility index (Phi) is 4.70. The van der Waals surface area contributed by atoms with Crippen LogP contribution in [0.1, 0.15) is 17.2 Å². The number of nitrogens with zero attached hydrogens (tertiary/aromatic N) is 1. The van der Waals surface area contributed by atoms with Gasteiger partial charge >= 0.3 is 0 Å². The van der Waals surface area contributed by atoms with Crippen LogP contribution in [-0.4, -0.2) is 31.1 Å². The zero-order valence-electron chi connectivity index (χ0n) is 11.0. The number of benzene rings is 1. The van der Waals surface area contributed by atoms with E-state index < -0.39 is 0 Å². The van der Waals surface area contributed by atoms with E-state index >= 15 is 0 Å². The highest BCUT2D eigenvalue weighted by Gasteiger charge is 2.26. The summed E-state index contributed by atoms with van der Waals surface area (Å²) in [4.78, 5) is 2.37. The van der Waals surface area contributed by atoms with E-state index in [0.29, 0.717) is 0 Å². The summed E-state index contributed by atoms with van der Waals surface area (Å²) in [7, 11) is 0. The van der Waals surface area contributed by atoms with Crippen LogP contribution in [0.3, 0.4) is 0 Å². The molecule has 0 bridgehead atoms. The lowest BCUT2D eigenvalue weighted by molar-refractivity contribution is 0.195. The van der Waals surface area contributed by atoms with E-state index in [1.165, 1.54) is 5.56 Å². The number of nitrogens with one attached hydrogen (secondary N) is 1. The van der Waals surface area contributed by atoms with E-state index in [1.807, 2.05) is 12.1 Å². The van der Waals surface area contributed by atoms with Gasteiger partial charge in [0.25, 0.3) is 0 Å². The van der Waals surface area contributed by atoms with Crippen LogP contribution in [0.15, 0.2) is 35.0 Å². The van der Waals surface area contributed by atoms with Crippen molar-refractivity contribution in [3.05, 3.63) is 55.5 Å². The predicted octanol–water partition coefficient (Wildman–Crippen LogP) is 3.49. The Morgan fingerprint density at radius 1 is 1.25 bits per heavy atom. The normalized spacial score (nSPS) is 18.1. The Labute approximate surface area is 136 Å². The second-order valence-corrected chi connectivity index (χ2v) is 6.94. The highest BCUT2D eigenvalue weighted by atomic mass is 127. The summed E-state index contributed by atoms with van der Waals surface area (Å²) in [5.74, 6) is -0.111. The van der Waals surface area contributed by atoms with Crippen LogP contribution >= 0.6 is 33.9 Å². The van der Waals surface area contributed by atoms with Gasteiger partial charge in [-0.1, -0.05) is 0 Å². The molecule has 0 aliphatic carbocycles. The first kappa shape index (κ1) is 14.4. The average Bonchev–Trinajstić information content (AvgIpc) is 2.98. The van der Waals surface area contributed by atoms with Crippen LogP contribution < -0.4 is 5.32 Å². The first-order chi connectivity index (χ1) is 9.75. The largest absolute Gasteiger partial charge is 0.314 e. The first-order valence-corrected chi connectivity index (χ1v) is 8.69. The number of thiophene rings is 1. The number of rotatable bonds is 3. The lowest BCUT2D eigenvalue weighted by atomic mass is 9.98. The summed E-state index contributed by atoms with van der Waals surface area (Å²) in [5.41, 5.74) is 1.98. The number of hydrogen-bond acceptors (Lipinski definition) is 3. The lowest BCUT2D eigenvalue weighted by Gasteiger charge is -2.35. The fraction of sp³-hybridized carbons (Fsp3) is 0.333.